The molecule has 17 heavy (non-hydrogen) atoms. The number of rotatable bonds is 3. The molecule has 0 saturated heterocycles. The molecule has 0 heterocycles. The van der Waals surface area contributed by atoms with Crippen molar-refractivity contribution in [2.24, 2.45) is 17.8 Å². The Labute approximate surface area is 111 Å². The highest BCUT2D eigenvalue weighted by Gasteiger charge is 2.55. The molecule has 2 unspecified atom stereocenters. The summed E-state index contributed by atoms with van der Waals surface area (Å²) in [7, 11) is 0. The first-order valence-electron chi connectivity index (χ1n) is 6.13. The van der Waals surface area contributed by atoms with Crippen molar-refractivity contribution < 1.29 is 4.79 Å². The summed E-state index contributed by atoms with van der Waals surface area (Å²) in [5.41, 5.74) is 0.908. The Balaban J connectivity index is 1.69. The van der Waals surface area contributed by atoms with Gasteiger partial charge in [0.1, 0.15) is 5.78 Å². The fourth-order valence-electron chi connectivity index (χ4n) is 3.27. The monoisotopic (exact) mass is 268 g/mol. The predicted molar refractivity (Wildman–Crippen MR) is 69.5 cm³/mol. The summed E-state index contributed by atoms with van der Waals surface area (Å²) in [6.07, 6.45) is 4.26. The number of carbonyl (C=O) groups excluding carboxylic acids is 1. The van der Waals surface area contributed by atoms with Crippen LogP contribution in [-0.4, -0.2) is 5.78 Å². The van der Waals surface area contributed by atoms with E-state index < -0.39 is 0 Å². The van der Waals surface area contributed by atoms with E-state index in [1.165, 1.54) is 19.3 Å². The summed E-state index contributed by atoms with van der Waals surface area (Å²) in [5, 5.41) is 1.23. The maximum atomic E-state index is 12.1. The molecular weight excluding hydrogens is 255 g/mol. The molecule has 2 atom stereocenters. The van der Waals surface area contributed by atoms with Gasteiger partial charge in [-0.1, -0.05) is 35.7 Å². The van der Waals surface area contributed by atoms with Gasteiger partial charge >= 0.3 is 0 Å². The highest BCUT2D eigenvalue weighted by Crippen LogP contribution is 2.58. The minimum absolute atomic E-state index is 0.329. The number of ketones is 1. The van der Waals surface area contributed by atoms with Crippen LogP contribution in [0.1, 0.15) is 24.8 Å². The van der Waals surface area contributed by atoms with Gasteiger partial charge in [0.2, 0.25) is 0 Å². The Kier molecular flexibility index (Phi) is 2.92. The maximum Gasteiger partial charge on any atom is 0.140 e. The first-order valence-corrected chi connectivity index (χ1v) is 6.89. The summed E-state index contributed by atoms with van der Waals surface area (Å²) in [4.78, 5) is 12.1. The van der Waals surface area contributed by atoms with Crippen molar-refractivity contribution in [1.82, 2.24) is 0 Å². The number of carbonyl (C=O) groups is 1. The van der Waals surface area contributed by atoms with E-state index in [9.17, 15) is 4.79 Å². The number of benzene rings is 1. The summed E-state index contributed by atoms with van der Waals surface area (Å²) >= 11 is 11.9. The molecule has 2 fully saturated rings. The molecule has 0 radical (unpaired) electrons. The number of hydrogen-bond donors (Lipinski definition) is 0. The minimum atomic E-state index is 0.329. The van der Waals surface area contributed by atoms with Gasteiger partial charge in [0.25, 0.3) is 0 Å². The second kappa shape index (κ2) is 4.29. The van der Waals surface area contributed by atoms with E-state index in [-0.39, 0.29) is 0 Å². The maximum absolute atomic E-state index is 12.1. The van der Waals surface area contributed by atoms with Crippen LogP contribution < -0.4 is 0 Å². The van der Waals surface area contributed by atoms with Gasteiger partial charge in [-0.15, -0.1) is 0 Å². The van der Waals surface area contributed by atoms with Crippen molar-refractivity contribution in [3.05, 3.63) is 33.8 Å². The van der Waals surface area contributed by atoms with Crippen molar-refractivity contribution in [3.63, 3.8) is 0 Å². The largest absolute Gasteiger partial charge is 0.299 e. The number of Topliss-reactive ketones (excluding diaryl/α,β-unsaturated/α-hetero) is 1. The van der Waals surface area contributed by atoms with Gasteiger partial charge in [-0.05, 0) is 42.4 Å². The fraction of sp³-hybridized carbons (Fsp3) is 0.500. The van der Waals surface area contributed by atoms with Crippen LogP contribution >= 0.6 is 23.2 Å². The van der Waals surface area contributed by atoms with Gasteiger partial charge in [0, 0.05) is 22.4 Å². The van der Waals surface area contributed by atoms with Crippen LogP contribution in [0, 0.1) is 17.8 Å². The van der Waals surface area contributed by atoms with Crippen molar-refractivity contribution >= 4 is 29.0 Å². The highest BCUT2D eigenvalue weighted by atomic mass is 35.5. The average Bonchev–Trinajstić information content (AvgIpc) is 2.77. The van der Waals surface area contributed by atoms with Gasteiger partial charge in [-0.2, -0.15) is 0 Å². The van der Waals surface area contributed by atoms with E-state index in [0.717, 1.165) is 5.56 Å². The third-order valence-electron chi connectivity index (χ3n) is 4.16. The van der Waals surface area contributed by atoms with Crippen molar-refractivity contribution in [3.8, 4) is 0 Å². The Hall–Kier alpha value is -0.530. The Morgan fingerprint density at radius 3 is 2.59 bits per heavy atom. The molecule has 1 nitrogen and oxygen atoms in total. The average molecular weight is 269 g/mol. The summed E-state index contributed by atoms with van der Waals surface area (Å²) < 4.78 is 0. The van der Waals surface area contributed by atoms with Crippen LogP contribution in [0.4, 0.5) is 0 Å². The lowest BCUT2D eigenvalue weighted by atomic mass is 10.0. The van der Waals surface area contributed by atoms with Crippen LogP contribution in [-0.2, 0) is 11.2 Å². The second-order valence-electron chi connectivity index (χ2n) is 5.16. The molecule has 0 N–H and O–H groups in total. The smallest absolute Gasteiger partial charge is 0.140 e. The van der Waals surface area contributed by atoms with Gasteiger partial charge in [0.15, 0.2) is 0 Å². The Morgan fingerprint density at radius 1 is 1.24 bits per heavy atom. The van der Waals surface area contributed by atoms with E-state index in [4.69, 9.17) is 23.2 Å². The Bertz CT molecular complexity index is 459. The van der Waals surface area contributed by atoms with Crippen LogP contribution in [0.5, 0.6) is 0 Å². The normalized spacial score (nSPS) is 30.1. The van der Waals surface area contributed by atoms with Crippen molar-refractivity contribution in [2.75, 3.05) is 0 Å². The number of halogens is 2. The highest BCUT2D eigenvalue weighted by molar-refractivity contribution is 6.35. The lowest BCUT2D eigenvalue weighted by Crippen LogP contribution is -2.09. The minimum Gasteiger partial charge on any atom is -0.299 e. The third kappa shape index (κ3) is 2.11. The van der Waals surface area contributed by atoms with E-state index in [2.05, 4.69) is 0 Å². The van der Waals surface area contributed by atoms with Crippen LogP contribution in [0.25, 0.3) is 0 Å². The molecule has 0 amide bonds. The predicted octanol–water partition coefficient (Wildman–Crippen LogP) is 4.15. The second-order valence-corrected chi connectivity index (χ2v) is 6.01. The molecule has 1 aromatic carbocycles. The SMILES string of the molecule is O=C(Cc1ccc(Cl)cc1Cl)C1C2CCCC21. The van der Waals surface area contributed by atoms with E-state index in [1.807, 2.05) is 6.07 Å². The van der Waals surface area contributed by atoms with Gasteiger partial charge < -0.3 is 0 Å². The van der Waals surface area contributed by atoms with Gasteiger partial charge in [-0.25, -0.2) is 0 Å². The zero-order valence-corrected chi connectivity index (χ0v) is 11.0. The first kappa shape index (κ1) is 11.6. The van der Waals surface area contributed by atoms with E-state index in [0.29, 0.717) is 40.0 Å². The van der Waals surface area contributed by atoms with E-state index >= 15 is 0 Å². The topological polar surface area (TPSA) is 17.1 Å². The van der Waals surface area contributed by atoms with Crippen LogP contribution in [0.15, 0.2) is 18.2 Å². The number of fused-ring (bicyclic) bond motifs is 1. The summed E-state index contributed by atoms with van der Waals surface area (Å²) in [6, 6.07) is 5.37. The van der Waals surface area contributed by atoms with Gasteiger partial charge in [0.05, 0.1) is 0 Å². The molecule has 2 aliphatic rings. The lowest BCUT2D eigenvalue weighted by Gasteiger charge is -2.05. The zero-order chi connectivity index (χ0) is 12.0. The number of hydrogen-bond acceptors (Lipinski definition) is 1. The molecule has 1 aromatic rings. The molecule has 90 valence electrons. The Morgan fingerprint density at radius 2 is 1.94 bits per heavy atom. The quantitative estimate of drug-likeness (QED) is 0.805. The van der Waals surface area contributed by atoms with Crippen molar-refractivity contribution in [2.45, 2.75) is 25.7 Å². The molecule has 0 bridgehead atoms. The third-order valence-corrected chi connectivity index (χ3v) is 4.75. The van der Waals surface area contributed by atoms with Crippen LogP contribution in [0.2, 0.25) is 10.0 Å². The molecule has 0 aromatic heterocycles. The lowest BCUT2D eigenvalue weighted by molar-refractivity contribution is -0.120. The van der Waals surface area contributed by atoms with Crippen molar-refractivity contribution in [1.29, 1.82) is 0 Å². The molecule has 0 spiro atoms. The molecule has 0 aliphatic heterocycles. The first-order chi connectivity index (χ1) is 8.16. The summed E-state index contributed by atoms with van der Waals surface area (Å²) in [6.45, 7) is 0. The van der Waals surface area contributed by atoms with Gasteiger partial charge in [-0.3, -0.25) is 4.79 Å². The molecule has 2 aliphatic carbocycles. The standard InChI is InChI=1S/C14H14Cl2O/c15-9-5-4-8(12(16)7-9)6-13(17)14-10-2-1-3-11(10)14/h4-5,7,10-11,14H,1-3,6H2. The molecule has 3 heteroatoms. The zero-order valence-electron chi connectivity index (χ0n) is 9.46. The van der Waals surface area contributed by atoms with E-state index in [1.54, 1.807) is 12.1 Å². The molecule has 3 rings (SSSR count). The van der Waals surface area contributed by atoms with Crippen LogP contribution in [0.3, 0.4) is 0 Å². The molecular formula is C14H14Cl2O. The summed E-state index contributed by atoms with van der Waals surface area (Å²) in [5.74, 6) is 2.07. The molecule has 2 saturated carbocycles. The fourth-order valence-corrected chi connectivity index (χ4v) is 3.74.